The van der Waals surface area contributed by atoms with Crippen LogP contribution in [0.2, 0.25) is 0 Å². The normalized spacial score (nSPS) is 26.3. The van der Waals surface area contributed by atoms with Crippen molar-refractivity contribution in [1.82, 2.24) is 0 Å². The fraction of sp³-hybridized carbons (Fsp3) is 0.625. The lowest BCUT2D eigenvalue weighted by Crippen LogP contribution is -2.28. The number of carbonyl (C=O) groups excluding carboxylic acids is 1. The maximum Gasteiger partial charge on any atom is 0.338 e. The average molecular weight is 543 g/mol. The van der Waals surface area contributed by atoms with Crippen LogP contribution in [-0.2, 0) is 19.0 Å². The molecule has 1 aliphatic carbocycles. The maximum absolute atomic E-state index is 12.9. The number of ether oxygens (including phenoxy) is 3. The van der Waals surface area contributed by atoms with Gasteiger partial charge in [-0.05, 0) is 63.0 Å². The Hall–Kier alpha value is -2.48. The highest BCUT2D eigenvalue weighted by Gasteiger charge is 2.43. The molecule has 1 aromatic rings. The quantitative estimate of drug-likeness (QED) is 0.140. The molecule has 1 aliphatic heterocycles. The van der Waals surface area contributed by atoms with Crippen molar-refractivity contribution < 1.29 is 34.0 Å². The molecule has 2 aliphatic rings. The molecular weight excluding hydrogens is 496 g/mol. The van der Waals surface area contributed by atoms with E-state index in [0.29, 0.717) is 31.2 Å². The van der Waals surface area contributed by atoms with Crippen LogP contribution in [-0.4, -0.2) is 53.4 Å². The molecule has 0 aromatic heterocycles. The highest BCUT2D eigenvalue weighted by molar-refractivity contribution is 5.89. The second kappa shape index (κ2) is 17.3. The topological polar surface area (TPSA) is 102 Å². The van der Waals surface area contributed by atoms with Gasteiger partial charge in [0.2, 0.25) is 0 Å². The van der Waals surface area contributed by atoms with Crippen LogP contribution in [0.4, 0.5) is 0 Å². The number of hydrogen-bond acceptors (Lipinski definition) is 6. The first-order chi connectivity index (χ1) is 19.0. The fourth-order valence-electron chi connectivity index (χ4n) is 5.40. The number of carboxylic acid groups (broad SMARTS) is 1. The average Bonchev–Trinajstić information content (AvgIpc) is 3.23. The fourth-order valence-corrected chi connectivity index (χ4v) is 5.40. The van der Waals surface area contributed by atoms with Gasteiger partial charge in [0.05, 0.1) is 17.8 Å². The van der Waals surface area contributed by atoms with Gasteiger partial charge in [-0.15, -0.1) is 0 Å². The summed E-state index contributed by atoms with van der Waals surface area (Å²) in [5, 5.41) is 19.8. The Balaban J connectivity index is 1.72. The molecule has 6 atom stereocenters. The summed E-state index contributed by atoms with van der Waals surface area (Å²) in [7, 11) is 0. The molecular formula is C32H46O7. The Morgan fingerprint density at radius 3 is 2.67 bits per heavy atom. The van der Waals surface area contributed by atoms with Gasteiger partial charge in [0.1, 0.15) is 6.10 Å². The molecule has 2 fully saturated rings. The van der Waals surface area contributed by atoms with Crippen LogP contribution in [0.5, 0.6) is 0 Å². The molecule has 2 N–H and O–H groups in total. The van der Waals surface area contributed by atoms with Gasteiger partial charge in [-0.2, -0.15) is 0 Å². The molecule has 1 unspecified atom stereocenters. The van der Waals surface area contributed by atoms with Gasteiger partial charge >= 0.3 is 11.9 Å². The summed E-state index contributed by atoms with van der Waals surface area (Å²) in [4.78, 5) is 23.7. The van der Waals surface area contributed by atoms with E-state index in [4.69, 9.17) is 19.3 Å². The molecule has 216 valence electrons. The monoisotopic (exact) mass is 542 g/mol. The van der Waals surface area contributed by atoms with E-state index >= 15 is 0 Å². The van der Waals surface area contributed by atoms with E-state index in [-0.39, 0.29) is 36.6 Å². The van der Waals surface area contributed by atoms with Gasteiger partial charge in [-0.1, -0.05) is 68.7 Å². The van der Waals surface area contributed by atoms with Gasteiger partial charge in [-0.3, -0.25) is 4.79 Å². The molecule has 0 amide bonds. The Bertz CT molecular complexity index is 906. The minimum absolute atomic E-state index is 0.102. The van der Waals surface area contributed by atoms with Crippen LogP contribution in [0.1, 0.15) is 94.3 Å². The first-order valence-corrected chi connectivity index (χ1v) is 14.7. The third-order valence-corrected chi connectivity index (χ3v) is 7.60. The van der Waals surface area contributed by atoms with Crippen LogP contribution in [0.15, 0.2) is 54.6 Å². The molecule has 0 radical (unpaired) electrons. The number of hydrogen-bond donors (Lipinski definition) is 2. The van der Waals surface area contributed by atoms with Crippen molar-refractivity contribution >= 4 is 11.9 Å². The number of aliphatic hydroxyl groups excluding tert-OH is 1. The second-order valence-electron chi connectivity index (χ2n) is 10.7. The molecule has 7 heteroatoms. The van der Waals surface area contributed by atoms with Crippen molar-refractivity contribution in [3.05, 3.63) is 60.2 Å². The summed E-state index contributed by atoms with van der Waals surface area (Å²) >= 11 is 0. The van der Waals surface area contributed by atoms with E-state index in [1.807, 2.05) is 18.2 Å². The number of aliphatic carboxylic acids is 1. The number of rotatable bonds is 16. The maximum atomic E-state index is 12.9. The predicted molar refractivity (Wildman–Crippen MR) is 150 cm³/mol. The Morgan fingerprint density at radius 2 is 1.95 bits per heavy atom. The molecule has 1 heterocycles. The molecule has 1 saturated carbocycles. The van der Waals surface area contributed by atoms with Gasteiger partial charge in [0.25, 0.3) is 0 Å². The lowest BCUT2D eigenvalue weighted by molar-refractivity contribution is -0.179. The van der Waals surface area contributed by atoms with E-state index in [2.05, 4.69) is 19.1 Å². The lowest BCUT2D eigenvalue weighted by Gasteiger charge is -2.27. The number of unbranched alkanes of at least 4 members (excludes halogenated alkanes) is 3. The van der Waals surface area contributed by atoms with E-state index in [1.54, 1.807) is 24.3 Å². The van der Waals surface area contributed by atoms with Gasteiger partial charge in [0, 0.05) is 25.4 Å². The third-order valence-electron chi connectivity index (χ3n) is 7.60. The summed E-state index contributed by atoms with van der Waals surface area (Å²) in [5.41, 5.74) is 0.492. The largest absolute Gasteiger partial charge is 0.481 e. The minimum atomic E-state index is -0.794. The van der Waals surface area contributed by atoms with Crippen LogP contribution in [0.3, 0.4) is 0 Å². The number of carboxylic acids is 1. The summed E-state index contributed by atoms with van der Waals surface area (Å²) in [6.07, 6.45) is 16.5. The van der Waals surface area contributed by atoms with Gasteiger partial charge in [-0.25, -0.2) is 4.79 Å². The number of aliphatic hydroxyl groups is 1. The number of allylic oxidation sites excluding steroid dienone is 2. The number of carbonyl (C=O) groups is 2. The van der Waals surface area contributed by atoms with Crippen LogP contribution < -0.4 is 0 Å². The first kappa shape index (κ1) is 31.1. The van der Waals surface area contributed by atoms with Crippen molar-refractivity contribution in [2.45, 2.75) is 109 Å². The second-order valence-corrected chi connectivity index (χ2v) is 10.7. The molecule has 3 rings (SSSR count). The molecule has 1 saturated heterocycles. The molecule has 0 spiro atoms. The molecule has 7 nitrogen and oxygen atoms in total. The molecule has 1 aromatic carbocycles. The van der Waals surface area contributed by atoms with E-state index < -0.39 is 18.2 Å². The number of benzene rings is 1. The minimum Gasteiger partial charge on any atom is -0.481 e. The van der Waals surface area contributed by atoms with Crippen molar-refractivity contribution in [1.29, 1.82) is 0 Å². The van der Waals surface area contributed by atoms with Crippen LogP contribution in [0, 0.1) is 11.8 Å². The summed E-state index contributed by atoms with van der Waals surface area (Å²) in [6.45, 7) is 2.91. The molecule has 0 bridgehead atoms. The standard InChI is InChI=1S/C32H46O7/c1-2-3-7-16-25(38-31-19-12-13-22-37-31)20-21-27-26(17-10-4-5-11-18-30(34)35)28(33)23-29(27)39-32(36)24-14-8-6-9-15-24/h4,6,8-10,14-15,20-21,25-29,31,33H,2-3,5,7,11-13,16-19,22-23H2,1H3,(H,34,35)/b10-4-,21-20+/t25-,26-,27-,28+,29-,31?/m1/s1. The van der Waals surface area contributed by atoms with E-state index in [0.717, 1.165) is 51.6 Å². The van der Waals surface area contributed by atoms with Crippen molar-refractivity contribution in [2.24, 2.45) is 11.8 Å². The van der Waals surface area contributed by atoms with Gasteiger partial charge in [0.15, 0.2) is 6.29 Å². The van der Waals surface area contributed by atoms with Crippen molar-refractivity contribution in [3.63, 3.8) is 0 Å². The highest BCUT2D eigenvalue weighted by Crippen LogP contribution is 2.39. The summed E-state index contributed by atoms with van der Waals surface area (Å²) in [5.74, 6) is -1.46. The third kappa shape index (κ3) is 10.9. The number of esters is 1. The van der Waals surface area contributed by atoms with Gasteiger partial charge < -0.3 is 24.4 Å². The Kier molecular flexibility index (Phi) is 13.7. The van der Waals surface area contributed by atoms with Crippen LogP contribution >= 0.6 is 0 Å². The SMILES string of the molecule is CCCCC[C@H](/C=C/[C@@H]1[C@@H](C/C=C\CCCC(=O)O)[C@@H](O)C[C@H]1OC(=O)c1ccccc1)OC1CCCCO1. The highest BCUT2D eigenvalue weighted by atomic mass is 16.7. The van der Waals surface area contributed by atoms with Crippen LogP contribution in [0.25, 0.3) is 0 Å². The first-order valence-electron chi connectivity index (χ1n) is 14.7. The summed E-state index contributed by atoms with van der Waals surface area (Å²) in [6, 6.07) is 8.94. The summed E-state index contributed by atoms with van der Waals surface area (Å²) < 4.78 is 18.1. The zero-order valence-electron chi connectivity index (χ0n) is 23.3. The van der Waals surface area contributed by atoms with E-state index in [1.165, 1.54) is 0 Å². The van der Waals surface area contributed by atoms with E-state index in [9.17, 15) is 14.7 Å². The predicted octanol–water partition coefficient (Wildman–Crippen LogP) is 6.46. The Morgan fingerprint density at radius 1 is 1.13 bits per heavy atom. The van der Waals surface area contributed by atoms with Crippen molar-refractivity contribution in [2.75, 3.05) is 6.61 Å². The Labute approximate surface area is 233 Å². The smallest absolute Gasteiger partial charge is 0.338 e. The lowest BCUT2D eigenvalue weighted by atomic mass is 9.89. The zero-order valence-corrected chi connectivity index (χ0v) is 23.3. The molecule has 39 heavy (non-hydrogen) atoms. The zero-order chi connectivity index (χ0) is 27.9. The van der Waals surface area contributed by atoms with Crippen molar-refractivity contribution in [3.8, 4) is 0 Å².